The largest absolute Gasteiger partial charge is 0.316 e. The van der Waals surface area contributed by atoms with Gasteiger partial charge in [-0.2, -0.15) is 0 Å². The van der Waals surface area contributed by atoms with Crippen molar-refractivity contribution in [2.45, 2.75) is 31.0 Å². The van der Waals surface area contributed by atoms with Crippen LogP contribution >= 0.6 is 11.8 Å². The van der Waals surface area contributed by atoms with Crippen LogP contribution in [0.1, 0.15) is 22.3 Å². The van der Waals surface area contributed by atoms with E-state index in [0.29, 0.717) is 0 Å². The van der Waals surface area contributed by atoms with Gasteiger partial charge in [-0.25, -0.2) is 0 Å². The van der Waals surface area contributed by atoms with Crippen molar-refractivity contribution in [3.63, 3.8) is 0 Å². The molecule has 2 aromatic rings. The first-order valence-corrected chi connectivity index (χ1v) is 7.60. The molecule has 0 unspecified atom stereocenters. The average molecular weight is 271 g/mol. The Hall–Kier alpha value is -1.25. The SMILES string of the molecule is CNCc1ccc(SCc2ccccc2C)c(C)c1. The molecule has 0 radical (unpaired) electrons. The van der Waals surface area contributed by atoms with E-state index < -0.39 is 0 Å². The third-order valence-electron chi connectivity index (χ3n) is 3.26. The lowest BCUT2D eigenvalue weighted by molar-refractivity contribution is 0.815. The lowest BCUT2D eigenvalue weighted by Gasteiger charge is -2.09. The van der Waals surface area contributed by atoms with Crippen molar-refractivity contribution in [1.29, 1.82) is 0 Å². The van der Waals surface area contributed by atoms with E-state index in [4.69, 9.17) is 0 Å². The van der Waals surface area contributed by atoms with Crippen molar-refractivity contribution in [1.82, 2.24) is 5.32 Å². The maximum Gasteiger partial charge on any atom is 0.0234 e. The number of thioether (sulfide) groups is 1. The van der Waals surface area contributed by atoms with Gasteiger partial charge in [0.1, 0.15) is 0 Å². The zero-order chi connectivity index (χ0) is 13.7. The molecule has 0 aliphatic carbocycles. The van der Waals surface area contributed by atoms with Crippen LogP contribution in [-0.2, 0) is 12.3 Å². The van der Waals surface area contributed by atoms with Crippen LogP contribution in [0.2, 0.25) is 0 Å². The van der Waals surface area contributed by atoms with Gasteiger partial charge in [0.25, 0.3) is 0 Å². The second-order valence-corrected chi connectivity index (χ2v) is 5.86. The van der Waals surface area contributed by atoms with Gasteiger partial charge in [-0.1, -0.05) is 36.4 Å². The molecular formula is C17H21NS. The summed E-state index contributed by atoms with van der Waals surface area (Å²) in [5, 5.41) is 3.19. The van der Waals surface area contributed by atoms with Crippen LogP contribution in [0.15, 0.2) is 47.4 Å². The number of nitrogens with one attached hydrogen (secondary N) is 1. The number of hydrogen-bond acceptors (Lipinski definition) is 2. The molecule has 1 nitrogen and oxygen atoms in total. The second-order valence-electron chi connectivity index (χ2n) is 4.85. The van der Waals surface area contributed by atoms with E-state index in [9.17, 15) is 0 Å². The van der Waals surface area contributed by atoms with Crippen molar-refractivity contribution in [2.24, 2.45) is 0 Å². The molecule has 19 heavy (non-hydrogen) atoms. The number of hydrogen-bond donors (Lipinski definition) is 1. The molecular weight excluding hydrogens is 250 g/mol. The summed E-state index contributed by atoms with van der Waals surface area (Å²) < 4.78 is 0. The first kappa shape index (κ1) is 14.2. The van der Waals surface area contributed by atoms with E-state index >= 15 is 0 Å². The molecule has 0 saturated heterocycles. The van der Waals surface area contributed by atoms with Crippen LogP contribution in [-0.4, -0.2) is 7.05 Å². The minimum atomic E-state index is 0.934. The summed E-state index contributed by atoms with van der Waals surface area (Å²) in [6, 6.07) is 15.3. The predicted molar refractivity (Wildman–Crippen MR) is 84.7 cm³/mol. The number of aryl methyl sites for hydroxylation is 2. The first-order valence-electron chi connectivity index (χ1n) is 6.62. The highest BCUT2D eigenvalue weighted by atomic mass is 32.2. The third-order valence-corrected chi connectivity index (χ3v) is 4.49. The third kappa shape index (κ3) is 3.85. The molecule has 0 heterocycles. The molecule has 1 N–H and O–H groups in total. The predicted octanol–water partition coefficient (Wildman–Crippen LogP) is 4.32. The summed E-state index contributed by atoms with van der Waals surface area (Å²) >= 11 is 1.92. The van der Waals surface area contributed by atoms with Crippen molar-refractivity contribution in [3.8, 4) is 0 Å². The molecule has 0 aromatic heterocycles. The molecule has 100 valence electrons. The van der Waals surface area contributed by atoms with Crippen LogP contribution in [0.5, 0.6) is 0 Å². The molecule has 0 aliphatic rings. The molecule has 0 spiro atoms. The Morgan fingerprint density at radius 3 is 2.47 bits per heavy atom. The van der Waals surface area contributed by atoms with Crippen molar-refractivity contribution in [2.75, 3.05) is 7.05 Å². The van der Waals surface area contributed by atoms with Crippen LogP contribution in [0.3, 0.4) is 0 Å². The van der Waals surface area contributed by atoms with E-state index in [-0.39, 0.29) is 0 Å². The van der Waals surface area contributed by atoms with Gasteiger partial charge in [-0.3, -0.25) is 0 Å². The fourth-order valence-electron chi connectivity index (χ4n) is 2.12. The summed E-state index contributed by atoms with van der Waals surface area (Å²) in [7, 11) is 1.98. The fourth-order valence-corrected chi connectivity index (χ4v) is 3.20. The molecule has 0 saturated carbocycles. The maximum absolute atomic E-state index is 3.19. The molecule has 2 heteroatoms. The van der Waals surface area contributed by atoms with E-state index in [0.717, 1.165) is 12.3 Å². The van der Waals surface area contributed by atoms with Crippen molar-refractivity contribution >= 4 is 11.8 Å². The standard InChI is InChI=1S/C17H21NS/c1-13-6-4-5-7-16(13)12-19-17-9-8-15(11-18-3)10-14(17)2/h4-10,18H,11-12H2,1-3H3. The van der Waals surface area contributed by atoms with Crippen molar-refractivity contribution in [3.05, 3.63) is 64.7 Å². The summed E-state index contributed by atoms with van der Waals surface area (Å²) in [6.45, 7) is 5.31. The van der Waals surface area contributed by atoms with E-state index in [1.54, 1.807) is 0 Å². The lowest BCUT2D eigenvalue weighted by Crippen LogP contribution is -2.05. The van der Waals surface area contributed by atoms with E-state index in [1.165, 1.54) is 27.1 Å². The topological polar surface area (TPSA) is 12.0 Å². The highest BCUT2D eigenvalue weighted by Crippen LogP contribution is 2.27. The molecule has 0 bridgehead atoms. The Bertz CT molecular complexity index is 549. The molecule has 0 aliphatic heterocycles. The Morgan fingerprint density at radius 1 is 1.00 bits per heavy atom. The van der Waals surface area contributed by atoms with Crippen LogP contribution in [0, 0.1) is 13.8 Å². The van der Waals surface area contributed by atoms with Gasteiger partial charge in [-0.15, -0.1) is 11.8 Å². The lowest BCUT2D eigenvalue weighted by atomic mass is 10.1. The zero-order valence-electron chi connectivity index (χ0n) is 11.9. The van der Waals surface area contributed by atoms with Crippen LogP contribution < -0.4 is 5.32 Å². The minimum absolute atomic E-state index is 0.934. The smallest absolute Gasteiger partial charge is 0.0234 e. The van der Waals surface area contributed by atoms with Crippen LogP contribution in [0.25, 0.3) is 0 Å². The van der Waals surface area contributed by atoms with E-state index in [2.05, 4.69) is 61.6 Å². The maximum atomic E-state index is 3.19. The molecule has 2 rings (SSSR count). The number of benzene rings is 2. The molecule has 0 fully saturated rings. The fraction of sp³-hybridized carbons (Fsp3) is 0.294. The van der Waals surface area contributed by atoms with Gasteiger partial charge in [0.05, 0.1) is 0 Å². The van der Waals surface area contributed by atoms with Gasteiger partial charge >= 0.3 is 0 Å². The quantitative estimate of drug-likeness (QED) is 0.813. The molecule has 0 atom stereocenters. The summed E-state index contributed by atoms with van der Waals surface area (Å²) in [5.41, 5.74) is 5.51. The van der Waals surface area contributed by atoms with Crippen molar-refractivity contribution < 1.29 is 0 Å². The van der Waals surface area contributed by atoms with E-state index in [1.807, 2.05) is 18.8 Å². The normalized spacial score (nSPS) is 10.7. The Kier molecular flexibility index (Phi) is 5.06. The van der Waals surface area contributed by atoms with Gasteiger partial charge < -0.3 is 5.32 Å². The Balaban J connectivity index is 2.06. The second kappa shape index (κ2) is 6.78. The summed E-state index contributed by atoms with van der Waals surface area (Å²) in [5.74, 6) is 1.04. The monoisotopic (exact) mass is 271 g/mol. The Labute approximate surface area is 120 Å². The molecule has 2 aromatic carbocycles. The molecule has 0 amide bonds. The minimum Gasteiger partial charge on any atom is -0.316 e. The first-order chi connectivity index (χ1) is 9.20. The number of rotatable bonds is 5. The van der Waals surface area contributed by atoms with Gasteiger partial charge in [-0.05, 0) is 49.2 Å². The van der Waals surface area contributed by atoms with Gasteiger partial charge in [0.2, 0.25) is 0 Å². The summed E-state index contributed by atoms with van der Waals surface area (Å²) in [6.07, 6.45) is 0. The van der Waals surface area contributed by atoms with Gasteiger partial charge in [0.15, 0.2) is 0 Å². The van der Waals surface area contributed by atoms with Crippen LogP contribution in [0.4, 0.5) is 0 Å². The zero-order valence-corrected chi connectivity index (χ0v) is 12.7. The summed E-state index contributed by atoms with van der Waals surface area (Å²) in [4.78, 5) is 1.38. The van der Waals surface area contributed by atoms with Gasteiger partial charge in [0, 0.05) is 17.2 Å². The highest BCUT2D eigenvalue weighted by Gasteiger charge is 2.03. The average Bonchev–Trinajstić information content (AvgIpc) is 2.40. The highest BCUT2D eigenvalue weighted by molar-refractivity contribution is 7.98. The Morgan fingerprint density at radius 2 is 1.79 bits per heavy atom.